The molecule has 3 N–H and O–H groups in total. The summed E-state index contributed by atoms with van der Waals surface area (Å²) in [4.78, 5) is 2.26. The summed E-state index contributed by atoms with van der Waals surface area (Å²) in [5.41, 5.74) is 3.15. The Morgan fingerprint density at radius 3 is 2.14 bits per heavy atom. The molecule has 1 aliphatic rings. The molecule has 1 aliphatic carbocycles. The van der Waals surface area contributed by atoms with Crippen LogP contribution in [0.5, 0.6) is 0 Å². The van der Waals surface area contributed by atoms with Crippen LogP contribution in [0.1, 0.15) is 39.5 Å². The lowest BCUT2D eigenvalue weighted by Gasteiger charge is -2.42. The maximum absolute atomic E-state index is 5.70. The van der Waals surface area contributed by atoms with E-state index in [1.165, 1.54) is 25.7 Å². The molecule has 84 valence electrons. The van der Waals surface area contributed by atoms with Gasteiger partial charge in [0.25, 0.3) is 0 Å². The van der Waals surface area contributed by atoms with E-state index < -0.39 is 0 Å². The zero-order valence-corrected chi connectivity index (χ0v) is 10.0. The predicted molar refractivity (Wildman–Crippen MR) is 60.8 cm³/mol. The highest BCUT2D eigenvalue weighted by molar-refractivity contribution is 4.95. The van der Waals surface area contributed by atoms with E-state index in [0.717, 1.165) is 5.92 Å². The number of hydrogen-bond donors (Lipinski definition) is 2. The number of hydrazine groups is 1. The van der Waals surface area contributed by atoms with Crippen LogP contribution in [0.4, 0.5) is 0 Å². The predicted octanol–water partition coefficient (Wildman–Crippen LogP) is 1.35. The Hall–Kier alpha value is -0.120. The Kier molecular flexibility index (Phi) is 3.93. The standard InChI is InChI=1S/C11H25N3/c1-11(2,14(3)4)10(13-12)9-7-5-6-8-9/h9-10,13H,5-8,12H2,1-4H3. The molecule has 0 heterocycles. The van der Waals surface area contributed by atoms with Gasteiger partial charge < -0.3 is 4.90 Å². The summed E-state index contributed by atoms with van der Waals surface area (Å²) in [5.74, 6) is 6.45. The van der Waals surface area contributed by atoms with Crippen molar-refractivity contribution in [2.75, 3.05) is 14.1 Å². The second-order valence-electron chi connectivity index (χ2n) is 5.24. The van der Waals surface area contributed by atoms with Gasteiger partial charge in [0, 0.05) is 11.6 Å². The molecule has 0 aliphatic heterocycles. The van der Waals surface area contributed by atoms with Crippen molar-refractivity contribution < 1.29 is 0 Å². The highest BCUT2D eigenvalue weighted by Gasteiger charge is 2.37. The number of nitrogens with two attached hydrogens (primary N) is 1. The second-order valence-corrected chi connectivity index (χ2v) is 5.24. The first kappa shape index (κ1) is 12.0. The van der Waals surface area contributed by atoms with Crippen LogP contribution in [0.15, 0.2) is 0 Å². The molecule has 0 aromatic rings. The normalized spacial score (nSPS) is 21.9. The van der Waals surface area contributed by atoms with Crippen molar-refractivity contribution in [3.8, 4) is 0 Å². The smallest absolute Gasteiger partial charge is 0.0417 e. The molecule has 0 radical (unpaired) electrons. The largest absolute Gasteiger partial charge is 0.303 e. The first-order chi connectivity index (χ1) is 6.50. The van der Waals surface area contributed by atoms with Crippen LogP contribution in [-0.4, -0.2) is 30.6 Å². The lowest BCUT2D eigenvalue weighted by atomic mass is 9.83. The fourth-order valence-electron chi connectivity index (χ4n) is 2.49. The minimum absolute atomic E-state index is 0.129. The van der Waals surface area contributed by atoms with Gasteiger partial charge in [0.15, 0.2) is 0 Å². The zero-order chi connectivity index (χ0) is 10.8. The van der Waals surface area contributed by atoms with Crippen LogP contribution >= 0.6 is 0 Å². The van der Waals surface area contributed by atoms with Gasteiger partial charge in [-0.1, -0.05) is 12.8 Å². The summed E-state index contributed by atoms with van der Waals surface area (Å²) < 4.78 is 0. The number of nitrogens with zero attached hydrogens (tertiary/aromatic N) is 1. The minimum Gasteiger partial charge on any atom is -0.303 e. The third-order valence-electron chi connectivity index (χ3n) is 3.96. The lowest BCUT2D eigenvalue weighted by molar-refractivity contribution is 0.103. The molecule has 0 aromatic heterocycles. The molecule has 1 atom stereocenters. The Morgan fingerprint density at radius 2 is 1.79 bits per heavy atom. The van der Waals surface area contributed by atoms with Crippen molar-refractivity contribution >= 4 is 0 Å². The third kappa shape index (κ3) is 2.27. The van der Waals surface area contributed by atoms with Crippen molar-refractivity contribution in [3.05, 3.63) is 0 Å². The molecule has 3 nitrogen and oxygen atoms in total. The van der Waals surface area contributed by atoms with Crippen molar-refractivity contribution in [2.24, 2.45) is 11.8 Å². The van der Waals surface area contributed by atoms with Crippen LogP contribution in [0.25, 0.3) is 0 Å². The molecule has 0 aromatic carbocycles. The molecule has 1 fully saturated rings. The van der Waals surface area contributed by atoms with Gasteiger partial charge in [-0.25, -0.2) is 0 Å². The first-order valence-electron chi connectivity index (χ1n) is 5.63. The number of rotatable bonds is 4. The highest BCUT2D eigenvalue weighted by Crippen LogP contribution is 2.33. The Balaban J connectivity index is 2.68. The average Bonchev–Trinajstić information content (AvgIpc) is 2.57. The molecule has 1 rings (SSSR count). The molecule has 0 saturated heterocycles. The monoisotopic (exact) mass is 199 g/mol. The molecule has 3 heteroatoms. The van der Waals surface area contributed by atoms with Gasteiger partial charge in [0.2, 0.25) is 0 Å². The van der Waals surface area contributed by atoms with Gasteiger partial charge in [-0.15, -0.1) is 0 Å². The van der Waals surface area contributed by atoms with Crippen LogP contribution in [0.3, 0.4) is 0 Å². The van der Waals surface area contributed by atoms with E-state index in [-0.39, 0.29) is 5.54 Å². The lowest BCUT2D eigenvalue weighted by Crippen LogP contribution is -2.59. The van der Waals surface area contributed by atoms with Gasteiger partial charge in [0.05, 0.1) is 0 Å². The Morgan fingerprint density at radius 1 is 1.29 bits per heavy atom. The van der Waals surface area contributed by atoms with E-state index in [1.807, 2.05) is 0 Å². The molecule has 1 unspecified atom stereocenters. The summed E-state index contributed by atoms with van der Waals surface area (Å²) in [6, 6.07) is 0.403. The molecular weight excluding hydrogens is 174 g/mol. The van der Waals surface area contributed by atoms with Crippen molar-refractivity contribution in [1.29, 1.82) is 0 Å². The zero-order valence-electron chi connectivity index (χ0n) is 10.0. The minimum atomic E-state index is 0.129. The number of nitrogens with one attached hydrogen (secondary N) is 1. The molecule has 1 saturated carbocycles. The van der Waals surface area contributed by atoms with E-state index in [1.54, 1.807) is 0 Å². The van der Waals surface area contributed by atoms with Crippen LogP contribution in [-0.2, 0) is 0 Å². The van der Waals surface area contributed by atoms with Crippen molar-refractivity contribution in [3.63, 3.8) is 0 Å². The van der Waals surface area contributed by atoms with Crippen molar-refractivity contribution in [1.82, 2.24) is 10.3 Å². The van der Waals surface area contributed by atoms with Crippen molar-refractivity contribution in [2.45, 2.75) is 51.1 Å². The SMILES string of the molecule is CN(C)C(C)(C)C(NN)C1CCCC1. The van der Waals surface area contributed by atoms with E-state index in [0.29, 0.717) is 6.04 Å². The van der Waals surface area contributed by atoms with Crippen LogP contribution < -0.4 is 11.3 Å². The summed E-state index contributed by atoms with van der Waals surface area (Å²) in [6.45, 7) is 4.52. The number of hydrogen-bond acceptors (Lipinski definition) is 3. The van der Waals surface area contributed by atoms with E-state index >= 15 is 0 Å². The van der Waals surface area contributed by atoms with E-state index in [2.05, 4.69) is 38.3 Å². The summed E-state index contributed by atoms with van der Waals surface area (Å²) in [7, 11) is 4.25. The number of likely N-dealkylation sites (N-methyl/N-ethyl adjacent to an activating group) is 1. The fourth-order valence-corrected chi connectivity index (χ4v) is 2.49. The van der Waals surface area contributed by atoms with Gasteiger partial charge in [-0.2, -0.15) is 0 Å². The summed E-state index contributed by atoms with van der Waals surface area (Å²) in [5, 5.41) is 0. The van der Waals surface area contributed by atoms with Crippen LogP contribution in [0.2, 0.25) is 0 Å². The van der Waals surface area contributed by atoms with Gasteiger partial charge in [-0.3, -0.25) is 11.3 Å². The Labute approximate surface area is 88.0 Å². The molecule has 0 amide bonds. The molecule has 0 bridgehead atoms. The third-order valence-corrected chi connectivity index (χ3v) is 3.96. The maximum Gasteiger partial charge on any atom is 0.0417 e. The first-order valence-corrected chi connectivity index (χ1v) is 5.63. The van der Waals surface area contributed by atoms with E-state index in [4.69, 9.17) is 5.84 Å². The topological polar surface area (TPSA) is 41.3 Å². The molecule has 14 heavy (non-hydrogen) atoms. The fraction of sp³-hybridized carbons (Fsp3) is 1.00. The quantitative estimate of drug-likeness (QED) is 0.530. The van der Waals surface area contributed by atoms with E-state index in [9.17, 15) is 0 Å². The summed E-state index contributed by atoms with van der Waals surface area (Å²) in [6.07, 6.45) is 5.39. The Bertz CT molecular complexity index is 171. The van der Waals surface area contributed by atoms with Gasteiger partial charge in [-0.05, 0) is 46.7 Å². The highest BCUT2D eigenvalue weighted by atomic mass is 15.3. The summed E-state index contributed by atoms with van der Waals surface area (Å²) >= 11 is 0. The average molecular weight is 199 g/mol. The molecular formula is C11H25N3. The van der Waals surface area contributed by atoms with Crippen LogP contribution in [0, 0.1) is 5.92 Å². The van der Waals surface area contributed by atoms with Gasteiger partial charge >= 0.3 is 0 Å². The maximum atomic E-state index is 5.70. The second kappa shape index (κ2) is 4.60. The van der Waals surface area contributed by atoms with Gasteiger partial charge in [0.1, 0.15) is 0 Å². The molecule has 0 spiro atoms.